The van der Waals surface area contributed by atoms with Gasteiger partial charge in [-0.2, -0.15) is 13.2 Å². The van der Waals surface area contributed by atoms with Crippen LogP contribution in [0.25, 0.3) is 5.52 Å². The Morgan fingerprint density at radius 2 is 2.04 bits per heavy atom. The normalized spacial score (nSPS) is 17.6. The highest BCUT2D eigenvalue weighted by atomic mass is 79.9. The number of likely N-dealkylation sites (tertiary alicyclic amines) is 1. The lowest BCUT2D eigenvalue weighted by atomic mass is 10.1. The number of fused-ring (bicyclic) bond motifs is 1. The zero-order valence-corrected chi connectivity index (χ0v) is 15.4. The molecule has 27 heavy (non-hydrogen) atoms. The summed E-state index contributed by atoms with van der Waals surface area (Å²) in [6.45, 7) is 0.663. The van der Waals surface area contributed by atoms with Crippen LogP contribution in [0, 0.1) is 0 Å². The topological polar surface area (TPSA) is 63.4 Å². The predicted molar refractivity (Wildman–Crippen MR) is 93.2 cm³/mol. The smallest absolute Gasteiger partial charge is 0.336 e. The van der Waals surface area contributed by atoms with Gasteiger partial charge in [0.05, 0.1) is 5.52 Å². The minimum absolute atomic E-state index is 0.107. The first kappa shape index (κ1) is 17.9. The largest absolute Gasteiger partial charge is 0.433 e. The van der Waals surface area contributed by atoms with Crippen molar-refractivity contribution >= 4 is 27.4 Å². The van der Waals surface area contributed by atoms with Crippen LogP contribution in [-0.2, 0) is 6.18 Å². The summed E-state index contributed by atoms with van der Waals surface area (Å²) < 4.78 is 40.8. The van der Waals surface area contributed by atoms with Crippen molar-refractivity contribution in [3.8, 4) is 0 Å². The molecule has 1 atom stereocenters. The lowest BCUT2D eigenvalue weighted by Gasteiger charge is -2.15. The highest BCUT2D eigenvalue weighted by Crippen LogP contribution is 2.31. The van der Waals surface area contributed by atoms with Gasteiger partial charge in [0.15, 0.2) is 10.4 Å². The Morgan fingerprint density at radius 1 is 1.22 bits per heavy atom. The van der Waals surface area contributed by atoms with Crippen molar-refractivity contribution < 1.29 is 18.0 Å². The number of alkyl halides is 3. The summed E-state index contributed by atoms with van der Waals surface area (Å²) in [7, 11) is 0. The number of pyridine rings is 1. The Kier molecular flexibility index (Phi) is 4.37. The molecule has 1 aliphatic rings. The van der Waals surface area contributed by atoms with Crippen LogP contribution in [0.3, 0.4) is 0 Å². The van der Waals surface area contributed by atoms with Gasteiger partial charge in [-0.15, -0.1) is 0 Å². The Labute approximate surface area is 160 Å². The van der Waals surface area contributed by atoms with Crippen LogP contribution in [0.1, 0.15) is 34.3 Å². The first-order valence-corrected chi connectivity index (χ1v) is 8.96. The van der Waals surface area contributed by atoms with Crippen molar-refractivity contribution in [1.29, 1.82) is 0 Å². The molecule has 0 bridgehead atoms. The molecule has 10 heteroatoms. The van der Waals surface area contributed by atoms with Gasteiger partial charge in [-0.3, -0.25) is 9.20 Å². The molecule has 0 aromatic carbocycles. The van der Waals surface area contributed by atoms with Crippen LogP contribution in [0.4, 0.5) is 13.2 Å². The zero-order valence-electron chi connectivity index (χ0n) is 13.8. The van der Waals surface area contributed by atoms with Gasteiger partial charge in [0.25, 0.3) is 5.91 Å². The summed E-state index contributed by atoms with van der Waals surface area (Å²) >= 11 is 3.32. The molecule has 1 amide bonds. The number of carbonyl (C=O) groups excluding carboxylic acids is 1. The number of halogens is 4. The number of hydrogen-bond acceptors (Lipinski definition) is 4. The van der Waals surface area contributed by atoms with Gasteiger partial charge in [0.1, 0.15) is 11.5 Å². The third-order valence-electron chi connectivity index (χ3n) is 4.51. The van der Waals surface area contributed by atoms with E-state index in [1.54, 1.807) is 21.6 Å². The SMILES string of the molecule is O=C(c1nc(Br)n2ccccc12)N1CCC(c2nccc(C(F)(F)F)n2)C1. The molecule has 6 nitrogen and oxygen atoms in total. The second-order valence-corrected chi connectivity index (χ2v) is 6.93. The number of nitrogens with zero attached hydrogens (tertiary/aromatic N) is 5. The molecule has 0 aliphatic carbocycles. The van der Waals surface area contributed by atoms with Crippen molar-refractivity contribution in [1.82, 2.24) is 24.3 Å². The van der Waals surface area contributed by atoms with Crippen molar-refractivity contribution in [2.45, 2.75) is 18.5 Å². The number of imidazole rings is 1. The molecule has 4 heterocycles. The molecule has 3 aromatic rings. The molecule has 0 saturated carbocycles. The van der Waals surface area contributed by atoms with E-state index >= 15 is 0 Å². The summed E-state index contributed by atoms with van der Waals surface area (Å²) in [5.41, 5.74) is -0.0115. The highest BCUT2D eigenvalue weighted by molar-refractivity contribution is 9.10. The molecule has 1 aliphatic heterocycles. The van der Waals surface area contributed by atoms with E-state index in [-0.39, 0.29) is 24.2 Å². The van der Waals surface area contributed by atoms with E-state index < -0.39 is 11.9 Å². The van der Waals surface area contributed by atoms with Crippen LogP contribution in [-0.4, -0.2) is 43.2 Å². The Hall–Kier alpha value is -2.49. The highest BCUT2D eigenvalue weighted by Gasteiger charge is 2.35. The van der Waals surface area contributed by atoms with E-state index in [0.29, 0.717) is 28.9 Å². The quantitative estimate of drug-likeness (QED) is 0.612. The molecule has 0 N–H and O–H groups in total. The first-order chi connectivity index (χ1) is 12.8. The molecule has 1 saturated heterocycles. The van der Waals surface area contributed by atoms with E-state index in [1.165, 1.54) is 0 Å². The number of carbonyl (C=O) groups is 1. The summed E-state index contributed by atoms with van der Waals surface area (Å²) in [6, 6.07) is 6.26. The van der Waals surface area contributed by atoms with Crippen molar-refractivity contribution in [2.75, 3.05) is 13.1 Å². The summed E-state index contributed by atoms with van der Waals surface area (Å²) in [5, 5.41) is 0. The molecular formula is C17H13BrF3N5O. The zero-order chi connectivity index (χ0) is 19.2. The minimum Gasteiger partial charge on any atom is -0.336 e. The molecule has 3 aromatic heterocycles. The Balaban J connectivity index is 1.57. The fraction of sp³-hybridized carbons (Fsp3) is 0.294. The van der Waals surface area contributed by atoms with E-state index in [0.717, 1.165) is 12.3 Å². The van der Waals surface area contributed by atoms with Gasteiger partial charge < -0.3 is 4.90 Å². The molecule has 140 valence electrons. The molecule has 1 fully saturated rings. The number of amides is 1. The lowest BCUT2D eigenvalue weighted by molar-refractivity contribution is -0.141. The van der Waals surface area contributed by atoms with Crippen molar-refractivity contribution in [2.24, 2.45) is 0 Å². The molecule has 0 spiro atoms. The minimum atomic E-state index is -4.52. The second-order valence-electron chi connectivity index (χ2n) is 6.22. The molecular weight excluding hydrogens is 427 g/mol. The lowest BCUT2D eigenvalue weighted by Crippen LogP contribution is -2.29. The Bertz CT molecular complexity index is 1020. The molecule has 1 unspecified atom stereocenters. The fourth-order valence-corrected chi connectivity index (χ4v) is 3.68. The second kappa shape index (κ2) is 6.59. The number of rotatable bonds is 2. The summed E-state index contributed by atoms with van der Waals surface area (Å²) in [4.78, 5) is 26.4. The fourth-order valence-electron chi connectivity index (χ4n) is 3.19. The average molecular weight is 440 g/mol. The van der Waals surface area contributed by atoms with Crippen LogP contribution in [0.2, 0.25) is 0 Å². The standard InChI is InChI=1S/C17H13BrF3N5O/c18-16-24-13(11-3-1-2-7-26(11)16)15(27)25-8-5-10(9-25)14-22-6-4-12(23-14)17(19,20)21/h1-4,6-7,10H,5,8-9H2. The van der Waals surface area contributed by atoms with Crippen molar-refractivity contribution in [3.63, 3.8) is 0 Å². The predicted octanol–water partition coefficient (Wildman–Crippen LogP) is 3.54. The van der Waals surface area contributed by atoms with E-state index in [4.69, 9.17) is 0 Å². The maximum atomic E-state index is 12.9. The average Bonchev–Trinajstić information content (AvgIpc) is 3.27. The molecule has 4 rings (SSSR count). The van der Waals surface area contributed by atoms with Gasteiger partial charge in [-0.05, 0) is 40.5 Å². The third kappa shape index (κ3) is 3.29. The van der Waals surface area contributed by atoms with Gasteiger partial charge in [0.2, 0.25) is 0 Å². The summed E-state index contributed by atoms with van der Waals surface area (Å²) in [6.07, 6.45) is -1.13. The van der Waals surface area contributed by atoms with Gasteiger partial charge in [-0.25, -0.2) is 15.0 Å². The van der Waals surface area contributed by atoms with Gasteiger partial charge >= 0.3 is 6.18 Å². The Morgan fingerprint density at radius 3 is 2.81 bits per heavy atom. The van der Waals surface area contributed by atoms with E-state index in [1.807, 2.05) is 12.1 Å². The maximum absolute atomic E-state index is 12.9. The van der Waals surface area contributed by atoms with E-state index in [9.17, 15) is 18.0 Å². The van der Waals surface area contributed by atoms with Crippen LogP contribution >= 0.6 is 15.9 Å². The molecule has 0 radical (unpaired) electrons. The number of hydrogen-bond donors (Lipinski definition) is 0. The number of aromatic nitrogens is 4. The van der Waals surface area contributed by atoms with Crippen LogP contribution in [0.5, 0.6) is 0 Å². The first-order valence-electron chi connectivity index (χ1n) is 8.16. The van der Waals surface area contributed by atoms with Crippen LogP contribution in [0.15, 0.2) is 41.4 Å². The van der Waals surface area contributed by atoms with Crippen molar-refractivity contribution in [3.05, 3.63) is 58.6 Å². The third-order valence-corrected chi connectivity index (χ3v) is 5.07. The monoisotopic (exact) mass is 439 g/mol. The van der Waals surface area contributed by atoms with Gasteiger partial charge in [-0.1, -0.05) is 6.07 Å². The van der Waals surface area contributed by atoms with Gasteiger partial charge in [0, 0.05) is 31.4 Å². The summed E-state index contributed by atoms with van der Waals surface area (Å²) in [5.74, 6) is -0.497. The maximum Gasteiger partial charge on any atom is 0.433 e. The van der Waals surface area contributed by atoms with E-state index in [2.05, 4.69) is 30.9 Å². The van der Waals surface area contributed by atoms with Crippen LogP contribution < -0.4 is 0 Å².